The van der Waals surface area contributed by atoms with Crippen molar-refractivity contribution in [2.45, 2.75) is 63.7 Å². The second kappa shape index (κ2) is 13.0. The number of hydrogen-bond acceptors (Lipinski definition) is 5. The molecule has 0 aromatic rings. The van der Waals surface area contributed by atoms with Crippen molar-refractivity contribution in [2.75, 3.05) is 6.61 Å². The molecule has 0 aromatic carbocycles. The van der Waals surface area contributed by atoms with Gasteiger partial charge in [0.15, 0.2) is 0 Å². The number of ketones is 1. The summed E-state index contributed by atoms with van der Waals surface area (Å²) in [5, 5.41) is 0. The Hall–Kier alpha value is -0.455. The average Bonchev–Trinajstić information content (AvgIpc) is 2.46. The molecule has 22 heavy (non-hydrogen) atoms. The van der Waals surface area contributed by atoms with E-state index in [9.17, 15) is 14.4 Å². The molecule has 0 N–H and O–H groups in total. The second-order valence-corrected chi connectivity index (χ2v) is 10.4. The predicted octanol–water partition coefficient (Wildman–Crippen LogP) is 3.32. The first kappa shape index (κ1) is 21.5. The summed E-state index contributed by atoms with van der Waals surface area (Å²) in [5.74, 6) is -1.19. The van der Waals surface area contributed by atoms with Gasteiger partial charge in [0.2, 0.25) is 0 Å². The molecule has 2 atom stereocenters. The molecule has 0 bridgehead atoms. The van der Waals surface area contributed by atoms with Gasteiger partial charge in [-0.3, -0.25) is 0 Å². The SMILES string of the molecule is CCCCOC(=O)[C@H]([CH2][Hg][O]C(C)=O)[C@H](CC)C(=O)CCC. The summed E-state index contributed by atoms with van der Waals surface area (Å²) >= 11 is -1.93. The molecule has 0 saturated carbocycles. The Labute approximate surface area is 146 Å². The third-order valence-electron chi connectivity index (χ3n) is 3.61. The third kappa shape index (κ3) is 8.86. The van der Waals surface area contributed by atoms with Crippen LogP contribution in [0.15, 0.2) is 0 Å². The van der Waals surface area contributed by atoms with Gasteiger partial charge in [0.25, 0.3) is 0 Å². The van der Waals surface area contributed by atoms with E-state index in [1.54, 1.807) is 0 Å². The van der Waals surface area contributed by atoms with E-state index in [4.69, 9.17) is 7.38 Å². The zero-order valence-electron chi connectivity index (χ0n) is 14.4. The van der Waals surface area contributed by atoms with Gasteiger partial charge in [-0.25, -0.2) is 0 Å². The average molecular weight is 501 g/mol. The summed E-state index contributed by atoms with van der Waals surface area (Å²) in [6.07, 6.45) is 3.67. The molecule has 0 fully saturated rings. The van der Waals surface area contributed by atoms with Crippen molar-refractivity contribution in [3.63, 3.8) is 0 Å². The summed E-state index contributed by atoms with van der Waals surface area (Å²) in [7, 11) is 0. The van der Waals surface area contributed by atoms with Crippen LogP contribution < -0.4 is 0 Å². The molecule has 5 nitrogen and oxygen atoms in total. The Morgan fingerprint density at radius 2 is 1.73 bits per heavy atom. The summed E-state index contributed by atoms with van der Waals surface area (Å²) in [5.41, 5.74) is 0. The van der Waals surface area contributed by atoms with E-state index in [1.165, 1.54) is 6.92 Å². The molecule has 0 saturated heterocycles. The Bertz CT molecular complexity index is 356. The molecule has 124 valence electrons. The first-order valence-corrected chi connectivity index (χ1v) is 14.4. The van der Waals surface area contributed by atoms with Crippen LogP contribution >= 0.6 is 0 Å². The zero-order chi connectivity index (χ0) is 17.0. The van der Waals surface area contributed by atoms with Crippen LogP contribution in [-0.4, -0.2) is 24.3 Å². The van der Waals surface area contributed by atoms with Crippen molar-refractivity contribution in [1.29, 1.82) is 0 Å². The molecule has 0 unspecified atom stereocenters. The minimum absolute atomic E-state index is 0.124. The summed E-state index contributed by atoms with van der Waals surface area (Å²) in [4.78, 5) is 35.5. The van der Waals surface area contributed by atoms with E-state index < -0.39 is 30.9 Å². The van der Waals surface area contributed by atoms with Crippen molar-refractivity contribution in [3.8, 4) is 0 Å². The van der Waals surface area contributed by atoms with E-state index in [1.807, 2.05) is 20.8 Å². The fourth-order valence-electron chi connectivity index (χ4n) is 2.41. The number of unbranched alkanes of at least 4 members (excludes halogenated alkanes) is 1. The second-order valence-electron chi connectivity index (χ2n) is 5.49. The monoisotopic (exact) mass is 502 g/mol. The number of rotatable bonds is 12. The van der Waals surface area contributed by atoms with E-state index in [0.29, 0.717) is 23.4 Å². The summed E-state index contributed by atoms with van der Waals surface area (Å²) in [6, 6.07) is 0. The number of ether oxygens (including phenoxy) is 1. The van der Waals surface area contributed by atoms with Gasteiger partial charge in [-0.15, -0.1) is 0 Å². The van der Waals surface area contributed by atoms with Crippen LogP contribution in [0.2, 0.25) is 3.93 Å². The molecule has 0 aliphatic heterocycles. The molecular formula is C16H28HgO5. The van der Waals surface area contributed by atoms with Crippen molar-refractivity contribution in [3.05, 3.63) is 0 Å². The van der Waals surface area contributed by atoms with Crippen LogP contribution in [0.1, 0.15) is 59.8 Å². The maximum atomic E-state index is 12.3. The molecule has 0 aliphatic rings. The van der Waals surface area contributed by atoms with Crippen LogP contribution in [-0.2, 0) is 46.8 Å². The minimum atomic E-state index is -1.93. The van der Waals surface area contributed by atoms with Crippen molar-refractivity contribution >= 4 is 17.7 Å². The van der Waals surface area contributed by atoms with Gasteiger partial charge in [0.1, 0.15) is 0 Å². The van der Waals surface area contributed by atoms with E-state index in [2.05, 4.69) is 0 Å². The van der Waals surface area contributed by atoms with E-state index >= 15 is 0 Å². The number of Topliss-reactive ketones (excluding diaryl/α,β-unsaturated/α-hetero) is 1. The Morgan fingerprint density at radius 3 is 2.23 bits per heavy atom. The van der Waals surface area contributed by atoms with Crippen LogP contribution in [0, 0.1) is 11.8 Å². The maximum absolute atomic E-state index is 12.3. The van der Waals surface area contributed by atoms with E-state index in [0.717, 1.165) is 19.3 Å². The van der Waals surface area contributed by atoms with Gasteiger partial charge in [0, 0.05) is 0 Å². The van der Waals surface area contributed by atoms with Gasteiger partial charge < -0.3 is 0 Å². The molecule has 0 aliphatic carbocycles. The predicted molar refractivity (Wildman–Crippen MR) is 79.6 cm³/mol. The van der Waals surface area contributed by atoms with Gasteiger partial charge >= 0.3 is 147 Å². The van der Waals surface area contributed by atoms with Crippen molar-refractivity contribution in [2.24, 2.45) is 11.8 Å². The molecule has 0 aromatic heterocycles. The van der Waals surface area contributed by atoms with Crippen molar-refractivity contribution < 1.29 is 46.8 Å². The van der Waals surface area contributed by atoms with Crippen LogP contribution in [0.4, 0.5) is 0 Å². The standard InChI is InChI=1S/C14H25O3.C2H4O2.Hg/c1-5-8-10-17-14(16)11(4)12(7-3)13(15)9-6-2;1-2(3)4;/h11-12H,4-10H2,1-3H3;1H3,(H,3,4);/q;;+1/p-1/t11-,12+;;/m1../s1. The Balaban J connectivity index is 4.82. The summed E-state index contributed by atoms with van der Waals surface area (Å²) < 4.78 is 11.0. The summed E-state index contributed by atoms with van der Waals surface area (Å²) in [6.45, 7) is 7.69. The molecule has 0 amide bonds. The number of carbonyl (C=O) groups is 3. The number of hydrogen-bond donors (Lipinski definition) is 0. The molecule has 0 spiro atoms. The van der Waals surface area contributed by atoms with E-state index in [-0.39, 0.29) is 23.6 Å². The molecular weight excluding hydrogens is 473 g/mol. The number of carbonyl (C=O) groups excluding carboxylic acids is 3. The fourth-order valence-corrected chi connectivity index (χ4v) is 7.45. The first-order chi connectivity index (χ1) is 10.5. The first-order valence-electron chi connectivity index (χ1n) is 8.30. The Kier molecular flexibility index (Phi) is 12.8. The quantitative estimate of drug-likeness (QED) is 0.233. The molecule has 0 rings (SSSR count). The molecule has 0 heterocycles. The van der Waals surface area contributed by atoms with Crippen LogP contribution in [0.5, 0.6) is 0 Å². The Morgan fingerprint density at radius 1 is 1.05 bits per heavy atom. The number of esters is 1. The third-order valence-corrected chi connectivity index (χ3v) is 9.32. The van der Waals surface area contributed by atoms with Gasteiger partial charge in [0.05, 0.1) is 0 Å². The zero-order valence-corrected chi connectivity index (χ0v) is 19.9. The van der Waals surface area contributed by atoms with Gasteiger partial charge in [-0.05, 0) is 0 Å². The molecule has 6 heteroatoms. The fraction of sp³-hybridized carbons (Fsp3) is 0.812. The van der Waals surface area contributed by atoms with Crippen LogP contribution in [0.3, 0.4) is 0 Å². The topological polar surface area (TPSA) is 69.7 Å². The van der Waals surface area contributed by atoms with Gasteiger partial charge in [-0.2, -0.15) is 0 Å². The normalized spacial score (nSPS) is 12.9. The molecule has 0 radical (unpaired) electrons. The van der Waals surface area contributed by atoms with Crippen LogP contribution in [0.25, 0.3) is 0 Å². The van der Waals surface area contributed by atoms with Gasteiger partial charge in [-0.1, -0.05) is 0 Å². The van der Waals surface area contributed by atoms with Crippen molar-refractivity contribution in [1.82, 2.24) is 0 Å².